The van der Waals surface area contributed by atoms with E-state index >= 15 is 0 Å². The van der Waals surface area contributed by atoms with Crippen molar-refractivity contribution >= 4 is 38.3 Å². The first-order chi connectivity index (χ1) is 15.2. The van der Waals surface area contributed by atoms with Crippen molar-refractivity contribution in [3.05, 3.63) is 77.4 Å². The van der Waals surface area contributed by atoms with Crippen molar-refractivity contribution in [1.82, 2.24) is 4.98 Å². The highest BCUT2D eigenvalue weighted by molar-refractivity contribution is 7.22. The lowest BCUT2D eigenvalue weighted by atomic mass is 9.85. The van der Waals surface area contributed by atoms with Crippen LogP contribution in [0.2, 0.25) is 0 Å². The van der Waals surface area contributed by atoms with Gasteiger partial charge in [0.15, 0.2) is 5.13 Å². The maximum Gasteiger partial charge on any atom is 0.255 e. The van der Waals surface area contributed by atoms with E-state index in [1.54, 1.807) is 24.3 Å². The number of ether oxygens (including phenoxy) is 1. The first-order valence-electron chi connectivity index (χ1n) is 10.0. The molecule has 0 fully saturated rings. The predicted octanol–water partition coefficient (Wildman–Crippen LogP) is 6.03. The number of carbonyl (C=O) groups is 1. The van der Waals surface area contributed by atoms with Crippen LogP contribution >= 0.6 is 11.3 Å². The van der Waals surface area contributed by atoms with Gasteiger partial charge in [-0.15, -0.1) is 0 Å². The molecule has 0 unspecified atom stereocenters. The number of aromatic nitrogens is 1. The number of hydrogen-bond donors (Lipinski definition) is 2. The average Bonchev–Trinajstić information content (AvgIpc) is 3.15. The Morgan fingerprint density at radius 2 is 1.97 bits per heavy atom. The Kier molecular flexibility index (Phi) is 5.56. The van der Waals surface area contributed by atoms with Crippen molar-refractivity contribution in [2.24, 2.45) is 0 Å². The van der Waals surface area contributed by atoms with Crippen molar-refractivity contribution in [2.45, 2.75) is 26.2 Å². The molecule has 0 spiro atoms. The highest BCUT2D eigenvalue weighted by Gasteiger charge is 2.21. The lowest BCUT2D eigenvalue weighted by Gasteiger charge is -2.16. The Morgan fingerprint density at radius 3 is 2.75 bits per heavy atom. The maximum absolute atomic E-state index is 12.8. The van der Waals surface area contributed by atoms with Gasteiger partial charge in [-0.05, 0) is 62.2 Å². The van der Waals surface area contributed by atoms with E-state index < -0.39 is 5.41 Å². The third-order valence-electron chi connectivity index (χ3n) is 5.18. The van der Waals surface area contributed by atoms with E-state index in [2.05, 4.69) is 16.4 Å². The number of aryl methyl sites for hydroxylation is 1. The number of fused-ring (bicyclic) bond motifs is 1. The van der Waals surface area contributed by atoms with Gasteiger partial charge in [0.25, 0.3) is 5.91 Å². The molecule has 1 heterocycles. The van der Waals surface area contributed by atoms with Gasteiger partial charge in [0.2, 0.25) is 0 Å². The maximum atomic E-state index is 12.8. The normalized spacial score (nSPS) is 11.2. The molecule has 3 N–H and O–H groups in total. The van der Waals surface area contributed by atoms with Crippen LogP contribution in [0.3, 0.4) is 0 Å². The van der Waals surface area contributed by atoms with Crippen LogP contribution in [0.1, 0.15) is 35.3 Å². The van der Waals surface area contributed by atoms with Gasteiger partial charge in [0.1, 0.15) is 11.5 Å². The van der Waals surface area contributed by atoms with Crippen molar-refractivity contribution in [1.29, 1.82) is 5.26 Å². The molecule has 4 rings (SSSR count). The zero-order valence-corrected chi connectivity index (χ0v) is 18.8. The van der Waals surface area contributed by atoms with Crippen LogP contribution in [-0.2, 0) is 5.41 Å². The standard InChI is InChI=1S/C25H22N4O2S/c1-15-7-8-18(28-23(30)16-5-4-6-17(11-16)25(2,3)14-26)12-21(15)31-19-9-10-20-22(13-19)32-24(27)29-20/h4-13H,1-3H3,(H2,27,29)(H,28,30). The van der Waals surface area contributed by atoms with Gasteiger partial charge in [0.05, 0.1) is 21.7 Å². The number of carbonyl (C=O) groups excluding carboxylic acids is 1. The van der Waals surface area contributed by atoms with Gasteiger partial charge in [0, 0.05) is 23.4 Å². The first kappa shape index (κ1) is 21.3. The van der Waals surface area contributed by atoms with Crippen LogP contribution in [0, 0.1) is 18.3 Å². The van der Waals surface area contributed by atoms with E-state index in [0.717, 1.165) is 21.3 Å². The molecule has 0 aliphatic heterocycles. The largest absolute Gasteiger partial charge is 0.457 e. The molecule has 0 atom stereocenters. The van der Waals surface area contributed by atoms with Gasteiger partial charge in [-0.3, -0.25) is 4.79 Å². The summed E-state index contributed by atoms with van der Waals surface area (Å²) in [5, 5.41) is 12.8. The monoisotopic (exact) mass is 442 g/mol. The molecular formula is C25H22N4O2S. The molecule has 0 aliphatic rings. The van der Waals surface area contributed by atoms with Gasteiger partial charge in [-0.2, -0.15) is 5.26 Å². The van der Waals surface area contributed by atoms with Crippen LogP contribution in [0.5, 0.6) is 11.5 Å². The summed E-state index contributed by atoms with van der Waals surface area (Å²) in [6, 6.07) is 20.5. The van der Waals surface area contributed by atoms with Crippen molar-refractivity contribution in [3.8, 4) is 17.6 Å². The highest BCUT2D eigenvalue weighted by Crippen LogP contribution is 2.32. The van der Waals surface area contributed by atoms with Crippen LogP contribution in [0.25, 0.3) is 10.2 Å². The van der Waals surface area contributed by atoms with Crippen LogP contribution in [-0.4, -0.2) is 10.9 Å². The van der Waals surface area contributed by atoms with Crippen molar-refractivity contribution < 1.29 is 9.53 Å². The number of anilines is 2. The molecule has 6 nitrogen and oxygen atoms in total. The molecule has 0 aliphatic carbocycles. The van der Waals surface area contributed by atoms with Gasteiger partial charge >= 0.3 is 0 Å². The number of nitrogens with two attached hydrogens (primary N) is 1. The van der Waals surface area contributed by atoms with Crippen LogP contribution in [0.15, 0.2) is 60.7 Å². The summed E-state index contributed by atoms with van der Waals surface area (Å²) in [5.41, 5.74) is 8.77. The third kappa shape index (κ3) is 4.41. The highest BCUT2D eigenvalue weighted by atomic mass is 32.1. The Labute approximate surface area is 190 Å². The number of nitriles is 1. The number of rotatable bonds is 5. The van der Waals surface area contributed by atoms with Gasteiger partial charge in [-0.25, -0.2) is 4.98 Å². The van der Waals surface area contributed by atoms with Crippen LogP contribution in [0.4, 0.5) is 10.8 Å². The summed E-state index contributed by atoms with van der Waals surface area (Å²) in [6.07, 6.45) is 0. The minimum absolute atomic E-state index is 0.253. The summed E-state index contributed by atoms with van der Waals surface area (Å²) in [5.74, 6) is 1.05. The van der Waals surface area contributed by atoms with E-state index in [1.165, 1.54) is 11.3 Å². The predicted molar refractivity (Wildman–Crippen MR) is 128 cm³/mol. The minimum Gasteiger partial charge on any atom is -0.457 e. The second-order valence-electron chi connectivity index (χ2n) is 8.04. The fraction of sp³-hybridized carbons (Fsp3) is 0.160. The molecule has 7 heteroatoms. The third-order valence-corrected chi connectivity index (χ3v) is 6.02. The van der Waals surface area contributed by atoms with Gasteiger partial charge < -0.3 is 15.8 Å². The SMILES string of the molecule is Cc1ccc(NC(=O)c2cccc(C(C)(C)C#N)c2)cc1Oc1ccc2nc(N)sc2c1. The van der Waals surface area contributed by atoms with E-state index in [0.29, 0.717) is 27.9 Å². The van der Waals surface area contributed by atoms with E-state index in [-0.39, 0.29) is 5.91 Å². The molecular weight excluding hydrogens is 420 g/mol. The Morgan fingerprint density at radius 1 is 1.16 bits per heavy atom. The fourth-order valence-corrected chi connectivity index (χ4v) is 3.98. The second-order valence-corrected chi connectivity index (χ2v) is 9.10. The Hall–Kier alpha value is -3.89. The number of thiazole rings is 1. The smallest absolute Gasteiger partial charge is 0.255 e. The molecule has 0 saturated carbocycles. The molecule has 3 aromatic carbocycles. The average molecular weight is 443 g/mol. The molecule has 4 aromatic rings. The topological polar surface area (TPSA) is 101 Å². The molecule has 32 heavy (non-hydrogen) atoms. The van der Waals surface area contributed by atoms with Crippen molar-refractivity contribution in [3.63, 3.8) is 0 Å². The zero-order chi connectivity index (χ0) is 22.9. The van der Waals surface area contributed by atoms with Crippen LogP contribution < -0.4 is 15.8 Å². The molecule has 160 valence electrons. The van der Waals surface area contributed by atoms with E-state index in [9.17, 15) is 10.1 Å². The van der Waals surface area contributed by atoms with E-state index in [1.807, 2.05) is 57.2 Å². The molecule has 1 aromatic heterocycles. The molecule has 0 bridgehead atoms. The lowest BCUT2D eigenvalue weighted by molar-refractivity contribution is 0.102. The first-order valence-corrected chi connectivity index (χ1v) is 10.8. The Bertz CT molecular complexity index is 1370. The summed E-state index contributed by atoms with van der Waals surface area (Å²) in [4.78, 5) is 17.1. The summed E-state index contributed by atoms with van der Waals surface area (Å²) >= 11 is 1.40. The molecule has 0 saturated heterocycles. The number of benzene rings is 3. The quantitative estimate of drug-likeness (QED) is 0.393. The summed E-state index contributed by atoms with van der Waals surface area (Å²) in [6.45, 7) is 5.59. The Balaban J connectivity index is 1.55. The number of amides is 1. The lowest BCUT2D eigenvalue weighted by Crippen LogP contribution is -2.17. The minimum atomic E-state index is -0.676. The summed E-state index contributed by atoms with van der Waals surface area (Å²) in [7, 11) is 0. The zero-order valence-electron chi connectivity index (χ0n) is 18.0. The number of hydrogen-bond acceptors (Lipinski definition) is 6. The van der Waals surface area contributed by atoms with Crippen molar-refractivity contribution in [2.75, 3.05) is 11.1 Å². The second kappa shape index (κ2) is 8.33. The molecule has 0 radical (unpaired) electrons. The number of nitrogens with zero attached hydrogens (tertiary/aromatic N) is 2. The number of nitrogens with one attached hydrogen (secondary N) is 1. The van der Waals surface area contributed by atoms with E-state index in [4.69, 9.17) is 10.5 Å². The number of nitrogen functional groups attached to an aromatic ring is 1. The van der Waals surface area contributed by atoms with Gasteiger partial charge in [-0.1, -0.05) is 29.5 Å². The molecule has 1 amide bonds. The fourth-order valence-electron chi connectivity index (χ4n) is 3.22. The summed E-state index contributed by atoms with van der Waals surface area (Å²) < 4.78 is 7.03.